The zero-order valence-electron chi connectivity index (χ0n) is 15.4. The number of nitrogens with zero attached hydrogens (tertiary/aromatic N) is 1. The van der Waals surface area contributed by atoms with Crippen LogP contribution in [0.5, 0.6) is 0 Å². The lowest BCUT2D eigenvalue weighted by atomic mass is 10.1. The zero-order chi connectivity index (χ0) is 18.7. The van der Waals surface area contributed by atoms with Crippen LogP contribution in [0.3, 0.4) is 0 Å². The van der Waals surface area contributed by atoms with Crippen LogP contribution in [0.1, 0.15) is 39.2 Å². The molecule has 0 aliphatic carbocycles. The molecule has 0 spiro atoms. The zero-order valence-corrected chi connectivity index (χ0v) is 16.2. The highest BCUT2D eigenvalue weighted by Crippen LogP contribution is 2.08. The second-order valence-corrected chi connectivity index (χ2v) is 8.58. The van der Waals surface area contributed by atoms with Crippen LogP contribution in [0.4, 0.5) is 4.79 Å². The number of carbonyl (C=O) groups excluding carboxylic acids is 1. The number of amides is 1. The van der Waals surface area contributed by atoms with Gasteiger partial charge in [0.05, 0.1) is 5.75 Å². The summed E-state index contributed by atoms with van der Waals surface area (Å²) >= 11 is 0. The lowest BCUT2D eigenvalue weighted by Crippen LogP contribution is -2.36. The lowest BCUT2D eigenvalue weighted by molar-refractivity contribution is 0.139. The van der Waals surface area contributed by atoms with Gasteiger partial charge in [0.15, 0.2) is 0 Å². The number of alkyl carbamates (subject to hydrolysis) is 1. The molecular formula is C18H30N2O4S. The van der Waals surface area contributed by atoms with Gasteiger partial charge in [0, 0.05) is 19.6 Å². The molecule has 0 aliphatic rings. The molecule has 25 heavy (non-hydrogen) atoms. The minimum Gasteiger partial charge on any atom is -0.445 e. The summed E-state index contributed by atoms with van der Waals surface area (Å²) in [4.78, 5) is 11.7. The number of hydrogen-bond donors (Lipinski definition) is 1. The first-order valence-corrected chi connectivity index (χ1v) is 10.4. The molecule has 0 atom stereocenters. The number of ether oxygens (including phenoxy) is 1. The monoisotopic (exact) mass is 370 g/mol. The molecule has 1 N–H and O–H groups in total. The third-order valence-electron chi connectivity index (χ3n) is 3.78. The summed E-state index contributed by atoms with van der Waals surface area (Å²) in [5.41, 5.74) is 0.923. The van der Waals surface area contributed by atoms with E-state index in [0.29, 0.717) is 32.0 Å². The fourth-order valence-electron chi connectivity index (χ4n) is 2.19. The Kier molecular flexibility index (Phi) is 9.52. The van der Waals surface area contributed by atoms with Crippen LogP contribution in [-0.4, -0.2) is 44.2 Å². The first kappa shape index (κ1) is 21.4. The minimum absolute atomic E-state index is 0.0949. The van der Waals surface area contributed by atoms with E-state index in [1.54, 1.807) is 6.92 Å². The number of benzene rings is 1. The number of hydrogen-bond acceptors (Lipinski definition) is 4. The Labute approximate surface area is 151 Å². The highest BCUT2D eigenvalue weighted by atomic mass is 32.2. The van der Waals surface area contributed by atoms with Crippen molar-refractivity contribution in [2.45, 2.75) is 40.2 Å². The molecule has 0 aromatic heterocycles. The molecule has 0 fully saturated rings. The second kappa shape index (κ2) is 11.1. The van der Waals surface area contributed by atoms with Crippen molar-refractivity contribution in [2.75, 3.05) is 25.4 Å². The number of sulfonamides is 1. The number of nitrogens with one attached hydrogen (secondary N) is 1. The normalized spacial score (nSPS) is 11.7. The van der Waals surface area contributed by atoms with E-state index in [1.807, 2.05) is 30.3 Å². The Morgan fingerprint density at radius 3 is 2.48 bits per heavy atom. The van der Waals surface area contributed by atoms with E-state index in [0.717, 1.165) is 12.0 Å². The van der Waals surface area contributed by atoms with E-state index in [2.05, 4.69) is 19.2 Å². The molecule has 1 aromatic rings. The number of rotatable bonds is 11. The Morgan fingerprint density at radius 2 is 1.88 bits per heavy atom. The van der Waals surface area contributed by atoms with Gasteiger partial charge >= 0.3 is 6.09 Å². The Hall–Kier alpha value is -1.60. The molecule has 6 nitrogen and oxygen atoms in total. The van der Waals surface area contributed by atoms with Crippen molar-refractivity contribution >= 4 is 16.1 Å². The van der Waals surface area contributed by atoms with E-state index in [1.165, 1.54) is 4.31 Å². The highest BCUT2D eigenvalue weighted by molar-refractivity contribution is 7.89. The van der Waals surface area contributed by atoms with Gasteiger partial charge in [-0.15, -0.1) is 0 Å². The Balaban J connectivity index is 2.31. The molecule has 1 amide bonds. The Morgan fingerprint density at radius 1 is 1.20 bits per heavy atom. The van der Waals surface area contributed by atoms with E-state index in [4.69, 9.17) is 4.74 Å². The van der Waals surface area contributed by atoms with Crippen LogP contribution in [0.25, 0.3) is 0 Å². The Bertz CT molecular complexity index is 603. The largest absolute Gasteiger partial charge is 0.445 e. The average Bonchev–Trinajstić information content (AvgIpc) is 2.59. The maximum absolute atomic E-state index is 12.1. The molecule has 0 saturated heterocycles. The molecule has 0 aliphatic heterocycles. The molecule has 0 saturated carbocycles. The van der Waals surface area contributed by atoms with Crippen LogP contribution in [0.15, 0.2) is 30.3 Å². The summed E-state index contributed by atoms with van der Waals surface area (Å²) < 4.78 is 30.9. The van der Waals surface area contributed by atoms with Crippen molar-refractivity contribution in [2.24, 2.45) is 5.92 Å². The smallest absolute Gasteiger partial charge is 0.407 e. The molecule has 0 heterocycles. The van der Waals surface area contributed by atoms with Crippen LogP contribution < -0.4 is 5.32 Å². The molecule has 142 valence electrons. The van der Waals surface area contributed by atoms with Crippen molar-refractivity contribution in [3.05, 3.63) is 35.9 Å². The molecule has 0 radical (unpaired) electrons. The fourth-order valence-corrected chi connectivity index (χ4v) is 3.35. The average molecular weight is 371 g/mol. The van der Waals surface area contributed by atoms with Gasteiger partial charge < -0.3 is 10.1 Å². The fraction of sp³-hybridized carbons (Fsp3) is 0.611. The third-order valence-corrected chi connectivity index (χ3v) is 5.66. The van der Waals surface area contributed by atoms with Crippen LogP contribution in [0.2, 0.25) is 0 Å². The number of carbonyl (C=O) groups is 1. The summed E-state index contributed by atoms with van der Waals surface area (Å²) in [6.07, 6.45) is 0.889. The SMILES string of the molecule is CCS(=O)(=O)N(CCCNC(=O)OCc1ccccc1)CCC(C)C. The predicted molar refractivity (Wildman–Crippen MR) is 99.7 cm³/mol. The van der Waals surface area contributed by atoms with Gasteiger partial charge in [0.1, 0.15) is 6.61 Å². The van der Waals surface area contributed by atoms with Crippen LogP contribution >= 0.6 is 0 Å². The van der Waals surface area contributed by atoms with Gasteiger partial charge in [0.2, 0.25) is 10.0 Å². The van der Waals surface area contributed by atoms with Crippen molar-refractivity contribution in [1.29, 1.82) is 0 Å². The van der Waals surface area contributed by atoms with E-state index < -0.39 is 16.1 Å². The van der Waals surface area contributed by atoms with Crippen molar-refractivity contribution < 1.29 is 17.9 Å². The van der Waals surface area contributed by atoms with Gasteiger partial charge in [0.25, 0.3) is 0 Å². The van der Waals surface area contributed by atoms with Crippen molar-refractivity contribution in [3.63, 3.8) is 0 Å². The van der Waals surface area contributed by atoms with Crippen molar-refractivity contribution in [3.8, 4) is 0 Å². The predicted octanol–water partition coefficient (Wildman–Crippen LogP) is 3.00. The first-order chi connectivity index (χ1) is 11.8. The summed E-state index contributed by atoms with van der Waals surface area (Å²) in [5, 5.41) is 2.66. The van der Waals surface area contributed by atoms with E-state index in [9.17, 15) is 13.2 Å². The van der Waals surface area contributed by atoms with Gasteiger partial charge in [-0.25, -0.2) is 17.5 Å². The van der Waals surface area contributed by atoms with Crippen LogP contribution in [0, 0.1) is 5.92 Å². The van der Waals surface area contributed by atoms with Gasteiger partial charge in [-0.3, -0.25) is 0 Å². The molecule has 7 heteroatoms. The maximum atomic E-state index is 12.1. The van der Waals surface area contributed by atoms with Gasteiger partial charge in [-0.2, -0.15) is 0 Å². The second-order valence-electron chi connectivity index (χ2n) is 6.32. The maximum Gasteiger partial charge on any atom is 0.407 e. The molecule has 1 rings (SSSR count). The first-order valence-electron chi connectivity index (χ1n) is 8.77. The molecule has 0 bridgehead atoms. The third kappa shape index (κ3) is 8.88. The summed E-state index contributed by atoms with van der Waals surface area (Å²) in [6.45, 7) is 7.32. The van der Waals surface area contributed by atoms with Crippen LogP contribution in [-0.2, 0) is 21.4 Å². The standard InChI is InChI=1S/C18H30N2O4S/c1-4-25(22,23)20(14-11-16(2)3)13-8-12-19-18(21)24-15-17-9-6-5-7-10-17/h5-7,9-10,16H,4,8,11-15H2,1-3H3,(H,19,21). The summed E-state index contributed by atoms with van der Waals surface area (Å²) in [7, 11) is -3.21. The summed E-state index contributed by atoms with van der Waals surface area (Å²) in [5.74, 6) is 0.540. The molecule has 1 aromatic carbocycles. The topological polar surface area (TPSA) is 75.7 Å². The minimum atomic E-state index is -3.21. The molecule has 0 unspecified atom stereocenters. The molecular weight excluding hydrogens is 340 g/mol. The summed E-state index contributed by atoms with van der Waals surface area (Å²) in [6, 6.07) is 9.44. The van der Waals surface area contributed by atoms with E-state index in [-0.39, 0.29) is 12.4 Å². The van der Waals surface area contributed by atoms with Gasteiger partial charge in [-0.1, -0.05) is 44.2 Å². The van der Waals surface area contributed by atoms with E-state index >= 15 is 0 Å². The van der Waals surface area contributed by atoms with Gasteiger partial charge in [-0.05, 0) is 31.2 Å². The van der Waals surface area contributed by atoms with Crippen molar-refractivity contribution in [1.82, 2.24) is 9.62 Å². The lowest BCUT2D eigenvalue weighted by Gasteiger charge is -2.22. The highest BCUT2D eigenvalue weighted by Gasteiger charge is 2.19. The quantitative estimate of drug-likeness (QED) is 0.608.